The second kappa shape index (κ2) is 3.60. The molecule has 0 N–H and O–H groups in total. The van der Waals surface area contributed by atoms with Crippen LogP contribution >= 0.6 is 0 Å². The van der Waals surface area contributed by atoms with Gasteiger partial charge in [-0.3, -0.25) is 0 Å². The lowest BCUT2D eigenvalue weighted by atomic mass is 9.85. The maximum absolute atomic E-state index is 4.02. The SMILES string of the molecule is C=CCCC(=C)C(C)(C)C. The molecule has 0 heterocycles. The van der Waals surface area contributed by atoms with Crippen LogP contribution in [0, 0.1) is 5.41 Å². The van der Waals surface area contributed by atoms with E-state index in [-0.39, 0.29) is 5.41 Å². The number of rotatable bonds is 3. The third-order valence-electron chi connectivity index (χ3n) is 1.71. The lowest BCUT2D eigenvalue weighted by Gasteiger charge is -2.21. The van der Waals surface area contributed by atoms with E-state index in [4.69, 9.17) is 0 Å². The van der Waals surface area contributed by atoms with E-state index >= 15 is 0 Å². The molecule has 0 radical (unpaired) electrons. The Labute approximate surface area is 64.6 Å². The molecular formula is C10H18. The summed E-state index contributed by atoms with van der Waals surface area (Å²) < 4.78 is 0. The second-order valence-corrected chi connectivity index (χ2v) is 3.68. The molecule has 58 valence electrons. The highest BCUT2D eigenvalue weighted by atomic mass is 14.2. The highest BCUT2D eigenvalue weighted by Crippen LogP contribution is 2.26. The van der Waals surface area contributed by atoms with Crippen molar-refractivity contribution in [3.8, 4) is 0 Å². The third-order valence-corrected chi connectivity index (χ3v) is 1.71. The van der Waals surface area contributed by atoms with Gasteiger partial charge in [-0.1, -0.05) is 39.0 Å². The van der Waals surface area contributed by atoms with Crippen molar-refractivity contribution < 1.29 is 0 Å². The van der Waals surface area contributed by atoms with Gasteiger partial charge in [0.1, 0.15) is 0 Å². The van der Waals surface area contributed by atoms with E-state index in [1.54, 1.807) is 0 Å². The summed E-state index contributed by atoms with van der Waals surface area (Å²) in [4.78, 5) is 0. The highest BCUT2D eigenvalue weighted by molar-refractivity contribution is 5.05. The molecule has 0 aromatic heterocycles. The van der Waals surface area contributed by atoms with Crippen LogP contribution in [-0.2, 0) is 0 Å². The number of hydrogen-bond acceptors (Lipinski definition) is 0. The summed E-state index contributed by atoms with van der Waals surface area (Å²) in [5.74, 6) is 0. The average molecular weight is 138 g/mol. The van der Waals surface area contributed by atoms with E-state index in [1.165, 1.54) is 5.57 Å². The Kier molecular flexibility index (Phi) is 3.41. The van der Waals surface area contributed by atoms with Crippen molar-refractivity contribution in [2.24, 2.45) is 5.41 Å². The zero-order valence-corrected chi connectivity index (χ0v) is 7.41. The molecular weight excluding hydrogens is 120 g/mol. The Balaban J connectivity index is 3.74. The normalized spacial score (nSPS) is 11.1. The molecule has 0 spiro atoms. The first-order valence-electron chi connectivity index (χ1n) is 3.77. The van der Waals surface area contributed by atoms with E-state index in [1.807, 2.05) is 6.08 Å². The Morgan fingerprint density at radius 1 is 1.40 bits per heavy atom. The largest absolute Gasteiger partial charge is 0.103 e. The van der Waals surface area contributed by atoms with Crippen LogP contribution in [0.5, 0.6) is 0 Å². The van der Waals surface area contributed by atoms with Crippen LogP contribution in [0.1, 0.15) is 33.6 Å². The van der Waals surface area contributed by atoms with Crippen LogP contribution in [0.25, 0.3) is 0 Å². The average Bonchev–Trinajstić information content (AvgIpc) is 1.80. The smallest absolute Gasteiger partial charge is 0.0176 e. The monoisotopic (exact) mass is 138 g/mol. The number of hydrogen-bond donors (Lipinski definition) is 0. The summed E-state index contributed by atoms with van der Waals surface area (Å²) in [5.41, 5.74) is 1.58. The molecule has 0 saturated carbocycles. The predicted octanol–water partition coefficient (Wildman–Crippen LogP) is 3.55. The molecule has 0 aliphatic carbocycles. The molecule has 0 aliphatic heterocycles. The van der Waals surface area contributed by atoms with Gasteiger partial charge in [0.05, 0.1) is 0 Å². The van der Waals surface area contributed by atoms with Gasteiger partial charge >= 0.3 is 0 Å². The van der Waals surface area contributed by atoms with Crippen molar-refractivity contribution in [1.82, 2.24) is 0 Å². The summed E-state index contributed by atoms with van der Waals surface area (Å²) in [7, 11) is 0. The quantitative estimate of drug-likeness (QED) is 0.523. The van der Waals surface area contributed by atoms with E-state index in [0.717, 1.165) is 12.8 Å². The molecule has 0 bridgehead atoms. The van der Waals surface area contributed by atoms with Gasteiger partial charge in [-0.05, 0) is 18.3 Å². The van der Waals surface area contributed by atoms with Crippen LogP contribution in [0.3, 0.4) is 0 Å². The minimum atomic E-state index is 0.267. The lowest BCUT2D eigenvalue weighted by molar-refractivity contribution is 0.485. The van der Waals surface area contributed by atoms with Crippen molar-refractivity contribution in [3.05, 3.63) is 24.8 Å². The molecule has 0 nitrogen and oxygen atoms in total. The molecule has 0 heteroatoms. The van der Waals surface area contributed by atoms with Crippen molar-refractivity contribution in [2.75, 3.05) is 0 Å². The molecule has 0 atom stereocenters. The molecule has 10 heavy (non-hydrogen) atoms. The van der Waals surface area contributed by atoms with Crippen LogP contribution in [0.15, 0.2) is 24.8 Å². The first-order chi connectivity index (χ1) is 4.48. The van der Waals surface area contributed by atoms with Gasteiger partial charge in [-0.2, -0.15) is 0 Å². The number of allylic oxidation sites excluding steroid dienone is 2. The Hall–Kier alpha value is -0.520. The minimum absolute atomic E-state index is 0.267. The molecule has 0 aliphatic rings. The first-order valence-corrected chi connectivity index (χ1v) is 3.77. The van der Waals surface area contributed by atoms with Gasteiger partial charge < -0.3 is 0 Å². The van der Waals surface area contributed by atoms with Gasteiger partial charge in [-0.15, -0.1) is 6.58 Å². The Morgan fingerprint density at radius 3 is 2.20 bits per heavy atom. The maximum Gasteiger partial charge on any atom is -0.0176 e. The first kappa shape index (κ1) is 9.48. The second-order valence-electron chi connectivity index (χ2n) is 3.68. The van der Waals surface area contributed by atoms with Crippen molar-refractivity contribution in [3.63, 3.8) is 0 Å². The van der Waals surface area contributed by atoms with Crippen molar-refractivity contribution in [1.29, 1.82) is 0 Å². The zero-order valence-electron chi connectivity index (χ0n) is 7.41. The summed E-state index contributed by atoms with van der Waals surface area (Å²) in [5, 5.41) is 0. The topological polar surface area (TPSA) is 0 Å². The van der Waals surface area contributed by atoms with E-state index in [0.29, 0.717) is 0 Å². The fraction of sp³-hybridized carbons (Fsp3) is 0.600. The highest BCUT2D eigenvalue weighted by Gasteiger charge is 2.12. The lowest BCUT2D eigenvalue weighted by Crippen LogP contribution is -2.07. The minimum Gasteiger partial charge on any atom is -0.103 e. The fourth-order valence-electron chi connectivity index (χ4n) is 0.651. The van der Waals surface area contributed by atoms with Crippen LogP contribution in [-0.4, -0.2) is 0 Å². The van der Waals surface area contributed by atoms with Gasteiger partial charge in [-0.25, -0.2) is 0 Å². The van der Waals surface area contributed by atoms with Crippen LogP contribution in [0.2, 0.25) is 0 Å². The van der Waals surface area contributed by atoms with Crippen molar-refractivity contribution in [2.45, 2.75) is 33.6 Å². The van der Waals surface area contributed by atoms with Gasteiger partial charge in [0.25, 0.3) is 0 Å². The summed E-state index contributed by atoms with van der Waals surface area (Å²) in [6, 6.07) is 0. The molecule has 0 saturated heterocycles. The summed E-state index contributed by atoms with van der Waals surface area (Å²) >= 11 is 0. The van der Waals surface area contributed by atoms with Gasteiger partial charge in [0, 0.05) is 0 Å². The van der Waals surface area contributed by atoms with E-state index < -0.39 is 0 Å². The Bertz CT molecular complexity index is 123. The maximum atomic E-state index is 4.02. The van der Waals surface area contributed by atoms with Crippen molar-refractivity contribution >= 4 is 0 Å². The summed E-state index contributed by atoms with van der Waals surface area (Å²) in [6.45, 7) is 14.3. The van der Waals surface area contributed by atoms with Gasteiger partial charge in [0.15, 0.2) is 0 Å². The molecule has 0 aromatic carbocycles. The zero-order chi connectivity index (χ0) is 8.20. The fourth-order valence-corrected chi connectivity index (χ4v) is 0.651. The van der Waals surface area contributed by atoms with Crippen LogP contribution in [0.4, 0.5) is 0 Å². The van der Waals surface area contributed by atoms with E-state index in [9.17, 15) is 0 Å². The molecule has 0 unspecified atom stereocenters. The Morgan fingerprint density at radius 2 is 1.90 bits per heavy atom. The van der Waals surface area contributed by atoms with Crippen LogP contribution < -0.4 is 0 Å². The molecule has 0 rings (SSSR count). The molecule has 0 aromatic rings. The van der Waals surface area contributed by atoms with E-state index in [2.05, 4.69) is 33.9 Å². The third kappa shape index (κ3) is 3.49. The molecule has 0 fully saturated rings. The van der Waals surface area contributed by atoms with Gasteiger partial charge in [0.2, 0.25) is 0 Å². The molecule has 0 amide bonds. The predicted molar refractivity (Wildman–Crippen MR) is 48.0 cm³/mol. The standard InChI is InChI=1S/C10H18/c1-6-7-8-9(2)10(3,4)5/h6H,1-2,7-8H2,3-5H3. The summed E-state index contributed by atoms with van der Waals surface area (Å²) in [6.07, 6.45) is 4.07.